The Morgan fingerprint density at radius 3 is 2.78 bits per heavy atom. The second-order valence-corrected chi connectivity index (χ2v) is 6.94. The van der Waals surface area contributed by atoms with Gasteiger partial charge in [0.05, 0.1) is 24.5 Å². The first kappa shape index (κ1) is 13.3. The van der Waals surface area contributed by atoms with Crippen molar-refractivity contribution in [2.24, 2.45) is 11.8 Å². The molecule has 5 rings (SSSR count). The number of ether oxygens (including phenoxy) is 1. The van der Waals surface area contributed by atoms with E-state index in [1.54, 1.807) is 4.90 Å². The largest absolute Gasteiger partial charge is 0.360 e. The summed E-state index contributed by atoms with van der Waals surface area (Å²) >= 11 is 0. The SMILES string of the molecule is O=C(NC1CC1)C1C2C(=O)N(c3ccccc3)C[C@]23C=C[C@@H]1O3. The highest BCUT2D eigenvalue weighted by Crippen LogP contribution is 2.52. The summed E-state index contributed by atoms with van der Waals surface area (Å²) in [4.78, 5) is 27.4. The maximum Gasteiger partial charge on any atom is 0.234 e. The lowest BCUT2D eigenvalue weighted by Gasteiger charge is -2.23. The quantitative estimate of drug-likeness (QED) is 0.855. The molecule has 1 aliphatic carbocycles. The van der Waals surface area contributed by atoms with Crippen molar-refractivity contribution in [1.82, 2.24) is 5.32 Å². The number of nitrogens with one attached hydrogen (secondary N) is 1. The summed E-state index contributed by atoms with van der Waals surface area (Å²) in [5, 5.41) is 3.04. The third-order valence-corrected chi connectivity index (χ3v) is 5.39. The minimum Gasteiger partial charge on any atom is -0.360 e. The van der Waals surface area contributed by atoms with Crippen molar-refractivity contribution in [3.8, 4) is 0 Å². The van der Waals surface area contributed by atoms with Gasteiger partial charge in [0.25, 0.3) is 0 Å². The first-order valence-corrected chi connectivity index (χ1v) is 8.22. The molecule has 5 heteroatoms. The molecule has 0 aromatic heterocycles. The normalized spacial score (nSPS) is 37.3. The average molecular weight is 310 g/mol. The van der Waals surface area contributed by atoms with E-state index in [1.165, 1.54) is 0 Å². The molecule has 1 saturated carbocycles. The van der Waals surface area contributed by atoms with Crippen LogP contribution in [0.3, 0.4) is 0 Å². The van der Waals surface area contributed by atoms with E-state index < -0.39 is 17.4 Å². The number of amides is 2. The Morgan fingerprint density at radius 1 is 1.26 bits per heavy atom. The number of benzene rings is 1. The van der Waals surface area contributed by atoms with Gasteiger partial charge in [-0.05, 0) is 25.0 Å². The molecule has 2 bridgehead atoms. The van der Waals surface area contributed by atoms with E-state index in [9.17, 15) is 9.59 Å². The first-order valence-electron chi connectivity index (χ1n) is 8.22. The molecule has 5 nitrogen and oxygen atoms in total. The van der Waals surface area contributed by atoms with Crippen LogP contribution < -0.4 is 10.2 Å². The fraction of sp³-hybridized carbons (Fsp3) is 0.444. The van der Waals surface area contributed by atoms with Crippen LogP contribution in [0.25, 0.3) is 0 Å². The average Bonchev–Trinajstić information content (AvgIpc) is 3.09. The maximum atomic E-state index is 13.0. The molecule has 1 spiro atoms. The van der Waals surface area contributed by atoms with E-state index in [1.807, 2.05) is 42.5 Å². The molecule has 0 radical (unpaired) electrons. The Kier molecular flexibility index (Phi) is 2.57. The van der Waals surface area contributed by atoms with Crippen molar-refractivity contribution in [1.29, 1.82) is 0 Å². The Morgan fingerprint density at radius 2 is 2.04 bits per heavy atom. The molecule has 3 aliphatic heterocycles. The Hall–Kier alpha value is -2.14. The standard InChI is InChI=1S/C18H18N2O3/c21-16(19-11-6-7-11)14-13-8-9-18(23-13)10-20(17(22)15(14)18)12-4-2-1-3-5-12/h1-5,8-9,11,13-15H,6-7,10H2,(H,19,21)/t13-,14?,15?,18+/m0/s1. The Labute approximate surface area is 134 Å². The minimum absolute atomic E-state index is 0.000929. The first-order chi connectivity index (χ1) is 11.2. The lowest BCUT2D eigenvalue weighted by molar-refractivity contribution is -0.132. The van der Waals surface area contributed by atoms with Crippen molar-refractivity contribution in [2.45, 2.75) is 30.6 Å². The van der Waals surface area contributed by atoms with Crippen LogP contribution in [0.2, 0.25) is 0 Å². The summed E-state index contributed by atoms with van der Waals surface area (Å²) in [6.07, 6.45) is 5.76. The van der Waals surface area contributed by atoms with E-state index in [2.05, 4.69) is 5.32 Å². The summed E-state index contributed by atoms with van der Waals surface area (Å²) in [5.41, 5.74) is 0.228. The van der Waals surface area contributed by atoms with Crippen LogP contribution in [-0.2, 0) is 14.3 Å². The smallest absolute Gasteiger partial charge is 0.234 e. The molecule has 1 N–H and O–H groups in total. The van der Waals surface area contributed by atoms with E-state index in [0.717, 1.165) is 18.5 Å². The molecule has 2 amide bonds. The van der Waals surface area contributed by atoms with E-state index in [4.69, 9.17) is 4.74 Å². The minimum atomic E-state index is -0.636. The number of hydrogen-bond donors (Lipinski definition) is 1. The number of hydrogen-bond acceptors (Lipinski definition) is 3. The Bertz CT molecular complexity index is 712. The number of carbonyl (C=O) groups excluding carboxylic acids is 2. The van der Waals surface area contributed by atoms with Gasteiger partial charge in [0.1, 0.15) is 5.60 Å². The summed E-state index contributed by atoms with van der Waals surface area (Å²) in [5.74, 6) is -0.839. The van der Waals surface area contributed by atoms with Gasteiger partial charge in [-0.1, -0.05) is 30.4 Å². The molecule has 23 heavy (non-hydrogen) atoms. The van der Waals surface area contributed by atoms with Gasteiger partial charge in [0.15, 0.2) is 0 Å². The van der Waals surface area contributed by atoms with Gasteiger partial charge in [-0.15, -0.1) is 0 Å². The summed E-state index contributed by atoms with van der Waals surface area (Å²) in [7, 11) is 0. The fourth-order valence-corrected chi connectivity index (χ4v) is 4.15. The number of nitrogens with zero attached hydrogens (tertiary/aromatic N) is 1. The second kappa shape index (κ2) is 4.45. The van der Waals surface area contributed by atoms with Crippen LogP contribution in [0.15, 0.2) is 42.5 Å². The molecule has 3 heterocycles. The van der Waals surface area contributed by atoms with Gasteiger partial charge in [-0.25, -0.2) is 0 Å². The zero-order valence-corrected chi connectivity index (χ0v) is 12.6. The molecule has 1 aromatic rings. The maximum absolute atomic E-state index is 13.0. The second-order valence-electron chi connectivity index (χ2n) is 6.94. The van der Waals surface area contributed by atoms with Crippen LogP contribution in [0.4, 0.5) is 5.69 Å². The van der Waals surface area contributed by atoms with Crippen LogP contribution in [0.5, 0.6) is 0 Å². The highest BCUT2D eigenvalue weighted by Gasteiger charge is 2.67. The molecule has 4 atom stereocenters. The summed E-state index contributed by atoms with van der Waals surface area (Å²) in [6, 6.07) is 9.90. The zero-order chi connectivity index (χ0) is 15.6. The van der Waals surface area contributed by atoms with Crippen LogP contribution in [-0.4, -0.2) is 36.1 Å². The van der Waals surface area contributed by atoms with E-state index >= 15 is 0 Å². The van der Waals surface area contributed by atoms with Gasteiger partial charge in [-0.3, -0.25) is 9.59 Å². The third kappa shape index (κ3) is 1.83. The van der Waals surface area contributed by atoms with Gasteiger partial charge < -0.3 is 15.0 Å². The van der Waals surface area contributed by atoms with Crippen molar-refractivity contribution >= 4 is 17.5 Å². The molecule has 1 aromatic carbocycles. The lowest BCUT2D eigenvalue weighted by Crippen LogP contribution is -2.44. The third-order valence-electron chi connectivity index (χ3n) is 5.39. The summed E-state index contributed by atoms with van der Waals surface area (Å²) < 4.78 is 6.11. The predicted octanol–water partition coefficient (Wildman–Crippen LogP) is 1.25. The van der Waals surface area contributed by atoms with Crippen molar-refractivity contribution in [3.05, 3.63) is 42.5 Å². The molecule has 3 fully saturated rings. The molecule has 118 valence electrons. The molecule has 2 unspecified atom stereocenters. The van der Waals surface area contributed by atoms with Crippen molar-refractivity contribution < 1.29 is 14.3 Å². The topological polar surface area (TPSA) is 58.6 Å². The zero-order valence-electron chi connectivity index (χ0n) is 12.6. The number of anilines is 1. The number of rotatable bonds is 3. The van der Waals surface area contributed by atoms with Crippen LogP contribution in [0.1, 0.15) is 12.8 Å². The van der Waals surface area contributed by atoms with Gasteiger partial charge >= 0.3 is 0 Å². The monoisotopic (exact) mass is 310 g/mol. The van der Waals surface area contributed by atoms with Crippen molar-refractivity contribution in [2.75, 3.05) is 11.4 Å². The molecular weight excluding hydrogens is 292 g/mol. The van der Waals surface area contributed by atoms with Crippen LogP contribution in [0, 0.1) is 11.8 Å². The highest BCUT2D eigenvalue weighted by molar-refractivity contribution is 6.03. The fourth-order valence-electron chi connectivity index (χ4n) is 4.15. The number of carbonyl (C=O) groups is 2. The van der Waals surface area contributed by atoms with Gasteiger partial charge in [0.2, 0.25) is 11.8 Å². The lowest BCUT2D eigenvalue weighted by atomic mass is 9.77. The predicted molar refractivity (Wildman–Crippen MR) is 83.7 cm³/mol. The van der Waals surface area contributed by atoms with Crippen LogP contribution >= 0.6 is 0 Å². The van der Waals surface area contributed by atoms with Gasteiger partial charge in [-0.2, -0.15) is 0 Å². The van der Waals surface area contributed by atoms with E-state index in [-0.39, 0.29) is 17.9 Å². The number of para-hydroxylation sites is 1. The molecular formula is C18H18N2O3. The molecule has 4 aliphatic rings. The van der Waals surface area contributed by atoms with Crippen molar-refractivity contribution in [3.63, 3.8) is 0 Å². The van der Waals surface area contributed by atoms with E-state index in [0.29, 0.717) is 12.6 Å². The molecule has 2 saturated heterocycles. The Balaban J connectivity index is 1.48. The number of fused-ring (bicyclic) bond motifs is 1. The van der Waals surface area contributed by atoms with Gasteiger partial charge in [0, 0.05) is 11.7 Å². The summed E-state index contributed by atoms with van der Waals surface area (Å²) in [6.45, 7) is 0.487. The highest BCUT2D eigenvalue weighted by atomic mass is 16.5.